The third kappa shape index (κ3) is 6.92. The Kier molecular flexibility index (Phi) is 7.32. The molecule has 1 amide bonds. The highest BCUT2D eigenvalue weighted by atomic mass is 32.2. The summed E-state index contributed by atoms with van der Waals surface area (Å²) in [6.45, 7) is 0.852. The Bertz CT molecular complexity index is 1000. The number of hydrazone groups is 1. The van der Waals surface area contributed by atoms with Gasteiger partial charge in [0.2, 0.25) is 10.0 Å². The van der Waals surface area contributed by atoms with Crippen molar-refractivity contribution in [1.29, 1.82) is 0 Å². The minimum absolute atomic E-state index is 0.298. The molecule has 29 heavy (non-hydrogen) atoms. The van der Waals surface area contributed by atoms with Gasteiger partial charge in [0.05, 0.1) is 25.3 Å². The Hall–Kier alpha value is -3.40. The molecule has 0 aliphatic heterocycles. The molecule has 0 aliphatic carbocycles. The molecule has 0 atom stereocenters. The monoisotopic (exact) mass is 419 g/mol. The summed E-state index contributed by atoms with van der Waals surface area (Å²) in [7, 11) is -2.24. The van der Waals surface area contributed by atoms with E-state index in [1.807, 2.05) is 0 Å². The van der Waals surface area contributed by atoms with Crippen molar-refractivity contribution < 1.29 is 27.5 Å². The number of carbonyl (C=O) groups is 2. The second-order valence-corrected chi connectivity index (χ2v) is 7.83. The van der Waals surface area contributed by atoms with Gasteiger partial charge in [-0.15, -0.1) is 0 Å². The number of hydrogen-bond acceptors (Lipinski definition) is 7. The van der Waals surface area contributed by atoms with Gasteiger partial charge in [-0.05, 0) is 42.0 Å². The second kappa shape index (κ2) is 9.69. The van der Waals surface area contributed by atoms with E-state index in [0.717, 1.165) is 10.6 Å². The lowest BCUT2D eigenvalue weighted by molar-refractivity contribution is -0.131. The molecule has 2 rings (SSSR count). The number of benzene rings is 2. The second-order valence-electron chi connectivity index (χ2n) is 5.93. The lowest BCUT2D eigenvalue weighted by Crippen LogP contribution is -2.39. The highest BCUT2D eigenvalue weighted by Gasteiger charge is 2.21. The minimum Gasteiger partial charge on any atom is -0.497 e. The van der Waals surface area contributed by atoms with E-state index in [4.69, 9.17) is 9.47 Å². The van der Waals surface area contributed by atoms with E-state index in [1.54, 1.807) is 42.5 Å². The first-order valence-electron chi connectivity index (χ1n) is 8.41. The maximum Gasteiger partial charge on any atom is 0.308 e. The van der Waals surface area contributed by atoms with Gasteiger partial charge < -0.3 is 9.47 Å². The summed E-state index contributed by atoms with van der Waals surface area (Å²) in [5, 5.41) is 3.82. The van der Waals surface area contributed by atoms with Gasteiger partial charge in [-0.1, -0.05) is 6.07 Å². The fourth-order valence-corrected chi connectivity index (χ4v) is 3.15. The maximum absolute atomic E-state index is 12.2. The lowest BCUT2D eigenvalue weighted by Gasteiger charge is -2.21. The standard InChI is InChI=1S/C19H21N3O6S/c1-14(23)28-17-9-7-15(8-10-17)12-20-21-19(24)13-22(29(3,25)26)16-5-4-6-18(11-16)27-2/h4-12H,13H2,1-3H3,(H,21,24)/b20-12-. The number of amides is 1. The van der Waals surface area contributed by atoms with Crippen LogP contribution in [0.25, 0.3) is 0 Å². The van der Waals surface area contributed by atoms with Crippen molar-refractivity contribution in [3.8, 4) is 11.5 Å². The van der Waals surface area contributed by atoms with Crippen LogP contribution in [-0.2, 0) is 19.6 Å². The van der Waals surface area contributed by atoms with Gasteiger partial charge in [-0.2, -0.15) is 5.10 Å². The molecule has 0 unspecified atom stereocenters. The first-order chi connectivity index (χ1) is 13.7. The van der Waals surface area contributed by atoms with Gasteiger partial charge in [0, 0.05) is 13.0 Å². The fourth-order valence-electron chi connectivity index (χ4n) is 2.30. The average Bonchev–Trinajstić information content (AvgIpc) is 2.66. The highest BCUT2D eigenvalue weighted by Crippen LogP contribution is 2.22. The Labute approximate surface area is 169 Å². The predicted octanol–water partition coefficient (Wildman–Crippen LogP) is 1.54. The van der Waals surface area contributed by atoms with Crippen molar-refractivity contribution in [1.82, 2.24) is 5.43 Å². The number of rotatable bonds is 8. The fraction of sp³-hybridized carbons (Fsp3) is 0.211. The van der Waals surface area contributed by atoms with Crippen molar-refractivity contribution in [3.63, 3.8) is 0 Å². The summed E-state index contributed by atoms with van der Waals surface area (Å²) in [5.41, 5.74) is 3.23. The molecule has 0 heterocycles. The molecule has 2 aromatic carbocycles. The summed E-state index contributed by atoms with van der Waals surface area (Å²) >= 11 is 0. The van der Waals surface area contributed by atoms with Gasteiger partial charge in [0.25, 0.3) is 5.91 Å². The maximum atomic E-state index is 12.2. The molecular formula is C19H21N3O6S. The lowest BCUT2D eigenvalue weighted by atomic mass is 10.2. The minimum atomic E-state index is -3.71. The molecule has 0 saturated heterocycles. The quantitative estimate of drug-likeness (QED) is 0.300. The van der Waals surface area contributed by atoms with Crippen molar-refractivity contribution in [2.24, 2.45) is 5.10 Å². The Morgan fingerprint density at radius 2 is 1.83 bits per heavy atom. The number of ether oxygens (including phenoxy) is 2. The molecule has 0 saturated carbocycles. The number of hydrogen-bond donors (Lipinski definition) is 1. The average molecular weight is 419 g/mol. The third-order valence-electron chi connectivity index (χ3n) is 3.57. The van der Waals surface area contributed by atoms with Gasteiger partial charge >= 0.3 is 5.97 Å². The van der Waals surface area contributed by atoms with E-state index in [9.17, 15) is 18.0 Å². The van der Waals surface area contributed by atoms with Gasteiger partial charge in [0.15, 0.2) is 0 Å². The molecule has 0 spiro atoms. The number of carbonyl (C=O) groups excluding carboxylic acids is 2. The smallest absolute Gasteiger partial charge is 0.308 e. The first kappa shape index (κ1) is 21.9. The van der Waals surface area contributed by atoms with Crippen LogP contribution in [0.15, 0.2) is 53.6 Å². The van der Waals surface area contributed by atoms with Gasteiger partial charge in [-0.3, -0.25) is 13.9 Å². The van der Waals surface area contributed by atoms with E-state index in [-0.39, 0.29) is 0 Å². The van der Waals surface area contributed by atoms with Crippen LogP contribution in [0.5, 0.6) is 11.5 Å². The largest absolute Gasteiger partial charge is 0.497 e. The van der Waals surface area contributed by atoms with Crippen LogP contribution in [0, 0.1) is 0 Å². The zero-order chi connectivity index (χ0) is 21.4. The van der Waals surface area contributed by atoms with Gasteiger partial charge in [-0.25, -0.2) is 13.8 Å². The normalized spacial score (nSPS) is 11.1. The van der Waals surface area contributed by atoms with Crippen LogP contribution < -0.4 is 19.2 Å². The Morgan fingerprint density at radius 3 is 2.41 bits per heavy atom. The van der Waals surface area contributed by atoms with E-state index < -0.39 is 28.4 Å². The topological polar surface area (TPSA) is 114 Å². The molecule has 0 bridgehead atoms. The highest BCUT2D eigenvalue weighted by molar-refractivity contribution is 7.92. The zero-order valence-corrected chi connectivity index (χ0v) is 17.0. The number of nitrogens with one attached hydrogen (secondary N) is 1. The Balaban J connectivity index is 2.03. The predicted molar refractivity (Wildman–Crippen MR) is 109 cm³/mol. The number of anilines is 1. The van der Waals surface area contributed by atoms with Crippen LogP contribution >= 0.6 is 0 Å². The molecule has 10 heteroatoms. The van der Waals surface area contributed by atoms with Crippen LogP contribution in [-0.4, -0.2) is 46.4 Å². The molecule has 0 fully saturated rings. The van der Waals surface area contributed by atoms with E-state index in [0.29, 0.717) is 22.7 Å². The molecule has 154 valence electrons. The molecule has 0 aromatic heterocycles. The van der Waals surface area contributed by atoms with E-state index in [1.165, 1.54) is 26.3 Å². The van der Waals surface area contributed by atoms with Crippen molar-refractivity contribution in [2.45, 2.75) is 6.92 Å². The van der Waals surface area contributed by atoms with Crippen molar-refractivity contribution >= 4 is 33.8 Å². The first-order valence-corrected chi connectivity index (χ1v) is 10.3. The van der Waals surface area contributed by atoms with Crippen LogP contribution in [0.2, 0.25) is 0 Å². The SMILES string of the molecule is COc1cccc(N(CC(=O)N/N=C\c2ccc(OC(C)=O)cc2)S(C)(=O)=O)c1. The number of esters is 1. The molecule has 0 radical (unpaired) electrons. The number of sulfonamides is 1. The summed E-state index contributed by atoms with van der Waals surface area (Å²) in [5.74, 6) is -0.191. The summed E-state index contributed by atoms with van der Waals surface area (Å²) < 4.78 is 35.2. The van der Waals surface area contributed by atoms with E-state index >= 15 is 0 Å². The van der Waals surface area contributed by atoms with Crippen LogP contribution in [0.1, 0.15) is 12.5 Å². The molecular weight excluding hydrogens is 398 g/mol. The number of methoxy groups -OCH3 is 1. The van der Waals surface area contributed by atoms with Crippen molar-refractivity contribution in [3.05, 3.63) is 54.1 Å². The molecule has 1 N–H and O–H groups in total. The summed E-state index contributed by atoms with van der Waals surface area (Å²) in [6.07, 6.45) is 2.39. The molecule has 2 aromatic rings. The van der Waals surface area contributed by atoms with Crippen LogP contribution in [0.4, 0.5) is 5.69 Å². The third-order valence-corrected chi connectivity index (χ3v) is 4.71. The molecule has 9 nitrogen and oxygen atoms in total. The Morgan fingerprint density at radius 1 is 1.14 bits per heavy atom. The summed E-state index contributed by atoms with van der Waals surface area (Å²) in [4.78, 5) is 23.1. The number of nitrogens with zero attached hydrogens (tertiary/aromatic N) is 2. The molecule has 0 aliphatic rings. The van der Waals surface area contributed by atoms with Gasteiger partial charge in [0.1, 0.15) is 18.0 Å². The van der Waals surface area contributed by atoms with Crippen LogP contribution in [0.3, 0.4) is 0 Å². The van der Waals surface area contributed by atoms with E-state index in [2.05, 4.69) is 10.5 Å². The van der Waals surface area contributed by atoms with Crippen molar-refractivity contribution in [2.75, 3.05) is 24.2 Å². The summed E-state index contributed by atoms with van der Waals surface area (Å²) in [6, 6.07) is 12.8. The zero-order valence-electron chi connectivity index (χ0n) is 16.2.